The molecule has 11 atom stereocenters. The van der Waals surface area contributed by atoms with Gasteiger partial charge in [-0.05, 0) is 74.2 Å². The van der Waals surface area contributed by atoms with Crippen LogP contribution in [0.3, 0.4) is 0 Å². The second-order valence-electron chi connectivity index (χ2n) is 15.1. The molecule has 0 aromatic heterocycles. The third kappa shape index (κ3) is 4.04. The van der Waals surface area contributed by atoms with E-state index in [1.54, 1.807) is 19.9 Å². The second-order valence-corrected chi connectivity index (χ2v) is 15.1. The Labute approximate surface area is 233 Å². The minimum absolute atomic E-state index is 0.0648. The predicted octanol–water partition coefficient (Wildman–Crippen LogP) is 3.99. The lowest BCUT2D eigenvalue weighted by atomic mass is 9.37. The number of carbonyl (C=O) groups is 2. The molecule has 7 heteroatoms. The lowest BCUT2D eigenvalue weighted by Crippen LogP contribution is -2.68. The van der Waals surface area contributed by atoms with Crippen LogP contribution in [-0.4, -0.2) is 63.7 Å². The molecule has 218 valence electrons. The summed E-state index contributed by atoms with van der Waals surface area (Å²) < 4.78 is 12.2. The molecule has 2 saturated carbocycles. The van der Waals surface area contributed by atoms with Crippen molar-refractivity contribution in [2.24, 2.45) is 45.3 Å². The molecule has 0 spiro atoms. The summed E-state index contributed by atoms with van der Waals surface area (Å²) >= 11 is 0. The van der Waals surface area contributed by atoms with Crippen molar-refractivity contribution in [3.8, 4) is 0 Å². The Balaban J connectivity index is 1.54. The Morgan fingerprint density at radius 3 is 2.36 bits per heavy atom. The quantitative estimate of drug-likeness (QED) is 0.364. The summed E-state index contributed by atoms with van der Waals surface area (Å²) in [5.74, 6) is -0.385. The van der Waals surface area contributed by atoms with Crippen molar-refractivity contribution in [1.82, 2.24) is 0 Å². The van der Waals surface area contributed by atoms with E-state index in [-0.39, 0.29) is 40.8 Å². The maximum atomic E-state index is 13.0. The molecule has 1 saturated heterocycles. The van der Waals surface area contributed by atoms with Crippen LogP contribution < -0.4 is 0 Å². The fourth-order valence-electron chi connectivity index (χ4n) is 10.3. The van der Waals surface area contributed by atoms with E-state index >= 15 is 0 Å². The van der Waals surface area contributed by atoms with Crippen molar-refractivity contribution in [1.29, 1.82) is 0 Å². The number of hydrogen-bond acceptors (Lipinski definition) is 7. The van der Waals surface area contributed by atoms with Crippen LogP contribution in [0, 0.1) is 45.3 Å². The van der Waals surface area contributed by atoms with Gasteiger partial charge in [0.1, 0.15) is 12.2 Å². The van der Waals surface area contributed by atoms with Gasteiger partial charge in [-0.3, -0.25) is 9.59 Å². The number of hydrogen-bond donors (Lipinski definition) is 3. The number of esters is 1. The Hall–Kier alpha value is -1.54. The van der Waals surface area contributed by atoms with E-state index in [0.717, 1.165) is 6.42 Å². The number of allylic oxidation sites excluding steroid dienone is 3. The Morgan fingerprint density at radius 1 is 1.10 bits per heavy atom. The van der Waals surface area contributed by atoms with E-state index in [1.807, 2.05) is 19.9 Å². The van der Waals surface area contributed by atoms with Gasteiger partial charge in [0.2, 0.25) is 0 Å². The van der Waals surface area contributed by atoms with Crippen LogP contribution >= 0.6 is 0 Å². The first-order valence-corrected chi connectivity index (χ1v) is 14.7. The Morgan fingerprint density at radius 2 is 1.77 bits per heavy atom. The Bertz CT molecular complexity index is 1100. The molecule has 7 nitrogen and oxygen atoms in total. The molecule has 1 aliphatic heterocycles. The largest absolute Gasteiger partial charge is 0.462 e. The fraction of sp³-hybridized carbons (Fsp3) is 0.812. The molecule has 3 N–H and O–H groups in total. The molecular formula is C32H48O7. The highest BCUT2D eigenvalue weighted by molar-refractivity contribution is 5.95. The molecule has 0 unspecified atom stereocenters. The van der Waals surface area contributed by atoms with E-state index in [0.29, 0.717) is 25.9 Å². The lowest BCUT2D eigenvalue weighted by Gasteiger charge is -2.67. The maximum Gasteiger partial charge on any atom is 0.302 e. The number of fused-ring (bicyclic) bond motifs is 5. The van der Waals surface area contributed by atoms with Gasteiger partial charge in [-0.15, -0.1) is 0 Å². The van der Waals surface area contributed by atoms with E-state index in [9.17, 15) is 24.9 Å². The summed E-state index contributed by atoms with van der Waals surface area (Å²) in [7, 11) is 0. The van der Waals surface area contributed by atoms with E-state index in [2.05, 4.69) is 26.8 Å². The average Bonchev–Trinajstić information content (AvgIpc) is 3.14. The molecule has 39 heavy (non-hydrogen) atoms. The summed E-state index contributed by atoms with van der Waals surface area (Å²) in [4.78, 5) is 25.5. The van der Waals surface area contributed by atoms with Crippen LogP contribution in [0.25, 0.3) is 0 Å². The molecular weight excluding hydrogens is 496 g/mol. The predicted molar refractivity (Wildman–Crippen MR) is 146 cm³/mol. The zero-order chi connectivity index (χ0) is 28.9. The number of aliphatic hydroxyl groups excluding tert-OH is 2. The zero-order valence-electron chi connectivity index (χ0n) is 24.9. The van der Waals surface area contributed by atoms with Crippen molar-refractivity contribution in [2.75, 3.05) is 6.61 Å². The zero-order valence-corrected chi connectivity index (χ0v) is 24.9. The third-order valence-corrected chi connectivity index (χ3v) is 11.9. The summed E-state index contributed by atoms with van der Waals surface area (Å²) in [6.07, 6.45) is 5.91. The molecule has 0 radical (unpaired) electrons. The van der Waals surface area contributed by atoms with Gasteiger partial charge in [-0.25, -0.2) is 0 Å². The number of ketones is 1. The summed E-state index contributed by atoms with van der Waals surface area (Å²) in [6, 6.07) is 0. The smallest absolute Gasteiger partial charge is 0.302 e. The Kier molecular flexibility index (Phi) is 6.67. The lowest BCUT2D eigenvalue weighted by molar-refractivity contribution is -0.215. The molecule has 5 aliphatic rings. The van der Waals surface area contributed by atoms with E-state index in [4.69, 9.17) is 9.47 Å². The normalized spacial score (nSPS) is 49.0. The van der Waals surface area contributed by atoms with Gasteiger partial charge < -0.3 is 24.8 Å². The molecule has 0 bridgehead atoms. The van der Waals surface area contributed by atoms with Gasteiger partial charge in [0.05, 0.1) is 24.4 Å². The highest BCUT2D eigenvalue weighted by Gasteiger charge is 2.71. The number of carbonyl (C=O) groups excluding carboxylic acids is 2. The minimum Gasteiger partial charge on any atom is -0.462 e. The highest BCUT2D eigenvalue weighted by Crippen LogP contribution is 2.72. The van der Waals surface area contributed by atoms with Crippen molar-refractivity contribution >= 4 is 11.8 Å². The SMILES string of the molecule is CC(=O)O[C@@H]1C[C@@H]2C(C)(C)C(=O)C=C[C@]2(C)[C@@H]2[C@@H](O)C[C@]3(C)C(=CC[C@H]3[C@@H]3CO[C@@H](C(C)(C)O)[C@@H](O)C3)[C@]12C. The highest BCUT2D eigenvalue weighted by atomic mass is 16.5. The first-order valence-electron chi connectivity index (χ1n) is 14.7. The van der Waals surface area contributed by atoms with Gasteiger partial charge in [0, 0.05) is 23.7 Å². The van der Waals surface area contributed by atoms with E-state index < -0.39 is 46.3 Å². The van der Waals surface area contributed by atoms with Gasteiger partial charge in [-0.1, -0.05) is 52.3 Å². The number of ether oxygens (including phenoxy) is 2. The molecule has 0 amide bonds. The topological polar surface area (TPSA) is 113 Å². The van der Waals surface area contributed by atoms with Gasteiger partial charge >= 0.3 is 5.97 Å². The molecule has 3 fully saturated rings. The second kappa shape index (κ2) is 8.98. The molecule has 0 aromatic carbocycles. The third-order valence-electron chi connectivity index (χ3n) is 11.9. The van der Waals surface area contributed by atoms with Crippen LogP contribution in [-0.2, 0) is 19.1 Å². The first kappa shape index (κ1) is 29.0. The van der Waals surface area contributed by atoms with Crippen molar-refractivity contribution in [3.05, 3.63) is 23.8 Å². The van der Waals surface area contributed by atoms with Gasteiger partial charge in [-0.2, -0.15) is 0 Å². The summed E-state index contributed by atoms with van der Waals surface area (Å²) in [5.41, 5.74) is -1.99. The van der Waals surface area contributed by atoms with Crippen LogP contribution in [0.15, 0.2) is 23.8 Å². The minimum atomic E-state index is -1.14. The number of aliphatic hydroxyl groups is 3. The van der Waals surface area contributed by atoms with Crippen LogP contribution in [0.4, 0.5) is 0 Å². The monoisotopic (exact) mass is 544 g/mol. The van der Waals surface area contributed by atoms with Crippen LogP contribution in [0.5, 0.6) is 0 Å². The summed E-state index contributed by atoms with van der Waals surface area (Å²) in [6.45, 7) is 15.7. The first-order chi connectivity index (χ1) is 17.9. The molecule has 4 aliphatic carbocycles. The van der Waals surface area contributed by atoms with Crippen molar-refractivity contribution in [3.63, 3.8) is 0 Å². The van der Waals surface area contributed by atoms with Crippen molar-refractivity contribution in [2.45, 2.75) is 111 Å². The molecule has 0 aromatic rings. The fourth-order valence-corrected chi connectivity index (χ4v) is 10.3. The molecule has 5 rings (SSSR count). The number of rotatable bonds is 3. The van der Waals surface area contributed by atoms with Gasteiger partial charge in [0.25, 0.3) is 0 Å². The average molecular weight is 545 g/mol. The van der Waals surface area contributed by atoms with Crippen LogP contribution in [0.1, 0.15) is 81.1 Å². The van der Waals surface area contributed by atoms with Gasteiger partial charge in [0.15, 0.2) is 5.78 Å². The van der Waals surface area contributed by atoms with Crippen molar-refractivity contribution < 1.29 is 34.4 Å². The molecule has 1 heterocycles. The standard InChI is InChI=1S/C32H48O7/c1-17(33)39-25-14-23-28(2,3)24(36)11-12-30(23,6)26-21(35)15-31(7)19(9-10-22(31)32(25,26)8)18-13-20(34)27(38-16-18)29(4,5)37/h10-12,18-21,23,25-27,34-35,37H,9,13-16H2,1-8H3/t18-,19-,20-,21-,23+,25+,26-,27+,30-,31-,32+/m0/s1. The summed E-state index contributed by atoms with van der Waals surface area (Å²) in [5, 5.41) is 33.5. The van der Waals surface area contributed by atoms with Crippen LogP contribution in [0.2, 0.25) is 0 Å². The van der Waals surface area contributed by atoms with E-state index in [1.165, 1.54) is 12.5 Å². The maximum absolute atomic E-state index is 13.0.